The van der Waals surface area contributed by atoms with Crippen LogP contribution in [0.5, 0.6) is 0 Å². The number of hydrogen-bond donors (Lipinski definition) is 2. The van der Waals surface area contributed by atoms with Crippen molar-refractivity contribution in [1.29, 1.82) is 0 Å². The molecule has 1 heterocycles. The lowest BCUT2D eigenvalue weighted by atomic mass is 10.2. The molecular formula is C16H17N3O4S2. The third-order valence-corrected chi connectivity index (χ3v) is 4.63. The lowest BCUT2D eigenvalue weighted by molar-refractivity contribution is -0.123. The number of rotatable bonds is 7. The molecule has 132 valence electrons. The molecule has 9 heteroatoms. The number of thioether (sulfide) groups is 1. The van der Waals surface area contributed by atoms with Crippen molar-refractivity contribution >= 4 is 41.0 Å². The molecule has 0 aliphatic rings. The summed E-state index contributed by atoms with van der Waals surface area (Å²) >= 11 is 2.97. The second-order valence-corrected chi connectivity index (χ2v) is 6.48. The molecule has 3 amide bonds. The minimum absolute atomic E-state index is 0.369. The number of amides is 3. The first kappa shape index (κ1) is 18.9. The molecule has 0 fully saturated rings. The second-order valence-electron chi connectivity index (χ2n) is 4.75. The van der Waals surface area contributed by atoms with Gasteiger partial charge in [0.15, 0.2) is 6.61 Å². The van der Waals surface area contributed by atoms with E-state index in [0.29, 0.717) is 17.9 Å². The van der Waals surface area contributed by atoms with Crippen molar-refractivity contribution in [2.24, 2.45) is 0 Å². The number of urea groups is 1. The van der Waals surface area contributed by atoms with Crippen LogP contribution in [0.15, 0.2) is 40.1 Å². The van der Waals surface area contributed by atoms with Crippen LogP contribution in [0.3, 0.4) is 0 Å². The van der Waals surface area contributed by atoms with Crippen LogP contribution >= 0.6 is 23.1 Å². The van der Waals surface area contributed by atoms with E-state index < -0.39 is 24.5 Å². The summed E-state index contributed by atoms with van der Waals surface area (Å²) in [5, 5.41) is 6.43. The number of nitrogens with one attached hydrogen (secondary N) is 2. The Morgan fingerprint density at radius 3 is 2.80 bits per heavy atom. The second kappa shape index (κ2) is 9.80. The number of esters is 1. The fourth-order valence-corrected chi connectivity index (χ4v) is 3.40. The smallest absolute Gasteiger partial charge is 0.339 e. The Bertz CT molecular complexity index is 735. The molecule has 0 unspecified atom stereocenters. The molecular weight excluding hydrogens is 362 g/mol. The molecule has 0 bridgehead atoms. The van der Waals surface area contributed by atoms with Gasteiger partial charge in [-0.05, 0) is 19.1 Å². The highest BCUT2D eigenvalue weighted by Gasteiger charge is 2.15. The predicted molar refractivity (Wildman–Crippen MR) is 95.6 cm³/mol. The highest BCUT2D eigenvalue weighted by molar-refractivity contribution is 7.98. The molecule has 0 atom stereocenters. The maximum Gasteiger partial charge on any atom is 0.339 e. The molecule has 2 rings (SSSR count). The third-order valence-electron chi connectivity index (χ3n) is 2.89. The first-order valence-electron chi connectivity index (χ1n) is 7.43. The highest BCUT2D eigenvalue weighted by Crippen LogP contribution is 2.26. The standard InChI is InChI=1S/C16H17N3O4S2/c1-2-17-16(22)19-14(20)7-23-15(21)12-5-3-4-6-13(12)25-9-11-8-24-10-18-11/h3-6,8,10H,2,7,9H2,1H3,(H2,17,19,20,22). The van der Waals surface area contributed by atoms with Crippen molar-refractivity contribution in [3.63, 3.8) is 0 Å². The zero-order chi connectivity index (χ0) is 18.1. The number of aromatic nitrogens is 1. The fraction of sp³-hybridized carbons (Fsp3) is 0.250. The number of hydrogen-bond acceptors (Lipinski definition) is 7. The maximum absolute atomic E-state index is 12.2. The predicted octanol–water partition coefficient (Wildman–Crippen LogP) is 2.44. The Hall–Kier alpha value is -2.39. The third kappa shape index (κ3) is 6.20. The number of imide groups is 1. The molecule has 2 N–H and O–H groups in total. The molecule has 0 saturated heterocycles. The van der Waals surface area contributed by atoms with E-state index in [4.69, 9.17) is 4.74 Å². The van der Waals surface area contributed by atoms with Gasteiger partial charge in [0.25, 0.3) is 5.91 Å². The van der Waals surface area contributed by atoms with Gasteiger partial charge >= 0.3 is 12.0 Å². The molecule has 0 saturated carbocycles. The van der Waals surface area contributed by atoms with Crippen LogP contribution < -0.4 is 10.6 Å². The Labute approximate surface area is 153 Å². The van der Waals surface area contributed by atoms with Crippen LogP contribution in [-0.2, 0) is 15.3 Å². The summed E-state index contributed by atoms with van der Waals surface area (Å²) in [7, 11) is 0. The van der Waals surface area contributed by atoms with E-state index in [1.807, 2.05) is 17.5 Å². The molecule has 25 heavy (non-hydrogen) atoms. The van der Waals surface area contributed by atoms with Crippen LogP contribution in [0, 0.1) is 0 Å². The minimum atomic E-state index is -0.688. The Kier molecular flexibility index (Phi) is 7.42. The number of ether oxygens (including phenoxy) is 1. The number of nitrogens with zero attached hydrogens (tertiary/aromatic N) is 1. The molecule has 1 aromatic carbocycles. The maximum atomic E-state index is 12.2. The van der Waals surface area contributed by atoms with Crippen molar-refractivity contribution in [2.45, 2.75) is 17.6 Å². The summed E-state index contributed by atoms with van der Waals surface area (Å²) in [6.07, 6.45) is 0. The van der Waals surface area contributed by atoms with Gasteiger partial charge in [-0.2, -0.15) is 0 Å². The first-order chi connectivity index (χ1) is 12.1. The summed E-state index contributed by atoms with van der Waals surface area (Å²) in [6, 6.07) is 6.36. The zero-order valence-electron chi connectivity index (χ0n) is 13.5. The quantitative estimate of drug-likeness (QED) is 0.566. The topological polar surface area (TPSA) is 97.4 Å². The fourth-order valence-electron chi connectivity index (χ4n) is 1.80. The van der Waals surface area contributed by atoms with Gasteiger partial charge in [0.2, 0.25) is 0 Å². The van der Waals surface area contributed by atoms with E-state index in [0.717, 1.165) is 10.6 Å². The summed E-state index contributed by atoms with van der Waals surface area (Å²) in [5.74, 6) is -0.676. The van der Waals surface area contributed by atoms with E-state index in [1.54, 1.807) is 24.6 Å². The van der Waals surface area contributed by atoms with Gasteiger partial charge in [-0.3, -0.25) is 10.1 Å². The van der Waals surface area contributed by atoms with Gasteiger partial charge in [-0.1, -0.05) is 12.1 Å². The van der Waals surface area contributed by atoms with E-state index in [2.05, 4.69) is 15.6 Å². The SMILES string of the molecule is CCNC(=O)NC(=O)COC(=O)c1ccccc1SCc1cscn1. The average Bonchev–Trinajstić information content (AvgIpc) is 3.12. The first-order valence-corrected chi connectivity index (χ1v) is 9.36. The molecule has 0 radical (unpaired) electrons. The molecule has 0 spiro atoms. The number of carbonyl (C=O) groups is 3. The Morgan fingerprint density at radius 1 is 1.28 bits per heavy atom. The molecule has 2 aromatic rings. The zero-order valence-corrected chi connectivity index (χ0v) is 15.1. The summed E-state index contributed by atoms with van der Waals surface area (Å²) < 4.78 is 4.99. The number of carbonyl (C=O) groups excluding carboxylic acids is 3. The lowest BCUT2D eigenvalue weighted by Gasteiger charge is -2.09. The van der Waals surface area contributed by atoms with Crippen molar-refractivity contribution in [3.05, 3.63) is 46.4 Å². The normalized spacial score (nSPS) is 10.1. The van der Waals surface area contributed by atoms with Crippen molar-refractivity contribution in [2.75, 3.05) is 13.2 Å². The minimum Gasteiger partial charge on any atom is -0.452 e. The monoisotopic (exact) mass is 379 g/mol. The molecule has 0 aliphatic carbocycles. The van der Waals surface area contributed by atoms with E-state index in [9.17, 15) is 14.4 Å². The Morgan fingerprint density at radius 2 is 2.08 bits per heavy atom. The lowest BCUT2D eigenvalue weighted by Crippen LogP contribution is -2.41. The van der Waals surface area contributed by atoms with Crippen LogP contribution in [0.2, 0.25) is 0 Å². The molecule has 1 aromatic heterocycles. The van der Waals surface area contributed by atoms with Gasteiger partial charge in [0.1, 0.15) is 0 Å². The van der Waals surface area contributed by atoms with Crippen LogP contribution in [-0.4, -0.2) is 36.0 Å². The number of benzene rings is 1. The largest absolute Gasteiger partial charge is 0.452 e. The van der Waals surface area contributed by atoms with Crippen LogP contribution in [0.1, 0.15) is 23.0 Å². The van der Waals surface area contributed by atoms with Crippen LogP contribution in [0.4, 0.5) is 4.79 Å². The van der Waals surface area contributed by atoms with E-state index >= 15 is 0 Å². The molecule has 7 nitrogen and oxygen atoms in total. The summed E-state index contributed by atoms with van der Waals surface area (Å²) in [6.45, 7) is 1.59. The van der Waals surface area contributed by atoms with Crippen molar-refractivity contribution in [3.8, 4) is 0 Å². The Balaban J connectivity index is 1.90. The number of thiazole rings is 1. The highest BCUT2D eigenvalue weighted by atomic mass is 32.2. The van der Waals surface area contributed by atoms with Crippen molar-refractivity contribution in [1.82, 2.24) is 15.6 Å². The molecule has 0 aliphatic heterocycles. The van der Waals surface area contributed by atoms with Crippen molar-refractivity contribution < 1.29 is 19.1 Å². The van der Waals surface area contributed by atoms with E-state index in [1.165, 1.54) is 23.1 Å². The summed E-state index contributed by atoms with van der Waals surface area (Å²) in [5.41, 5.74) is 3.05. The van der Waals surface area contributed by atoms with Gasteiger partial charge in [0, 0.05) is 22.6 Å². The van der Waals surface area contributed by atoms with Gasteiger partial charge in [-0.15, -0.1) is 23.1 Å². The summed E-state index contributed by atoms with van der Waals surface area (Å²) in [4.78, 5) is 39.9. The van der Waals surface area contributed by atoms with Gasteiger partial charge in [-0.25, -0.2) is 14.6 Å². The van der Waals surface area contributed by atoms with E-state index in [-0.39, 0.29) is 0 Å². The van der Waals surface area contributed by atoms with Gasteiger partial charge in [0.05, 0.1) is 16.8 Å². The van der Waals surface area contributed by atoms with Crippen LogP contribution in [0.25, 0.3) is 0 Å². The average molecular weight is 379 g/mol. The van der Waals surface area contributed by atoms with Gasteiger partial charge < -0.3 is 10.1 Å².